The Morgan fingerprint density at radius 1 is 0.789 bits per heavy atom. The molecule has 100 valence electrons. The highest BCUT2D eigenvalue weighted by atomic mass is 19.2. The highest BCUT2D eigenvalue weighted by Gasteiger charge is 2.27. The first kappa shape index (κ1) is 13.1. The van der Waals surface area contributed by atoms with Crippen LogP contribution in [0, 0.1) is 29.1 Å². The van der Waals surface area contributed by atoms with Gasteiger partial charge >= 0.3 is 0 Å². The molecule has 2 rings (SSSR count). The standard InChI is InChI=1S/C12H6F5NO/c13-7-8(14)10(16)12(11(17)9(7)15)19-6-3-1-2-5(18)4-6/h1-4H,18H2. The van der Waals surface area contributed by atoms with E-state index < -0.39 is 34.8 Å². The Kier molecular flexibility index (Phi) is 3.28. The molecule has 0 atom stereocenters. The molecule has 0 aliphatic heterocycles. The van der Waals surface area contributed by atoms with Gasteiger partial charge in [-0.25, -0.2) is 13.2 Å². The van der Waals surface area contributed by atoms with Gasteiger partial charge in [0.05, 0.1) is 0 Å². The van der Waals surface area contributed by atoms with Gasteiger partial charge in [0.25, 0.3) is 0 Å². The third kappa shape index (κ3) is 2.31. The molecule has 2 aromatic carbocycles. The van der Waals surface area contributed by atoms with E-state index in [1.165, 1.54) is 24.3 Å². The minimum absolute atomic E-state index is 0.150. The van der Waals surface area contributed by atoms with Crippen LogP contribution in [0.3, 0.4) is 0 Å². The Bertz CT molecular complexity index is 615. The molecule has 0 aliphatic carbocycles. The molecule has 2 nitrogen and oxygen atoms in total. The van der Waals surface area contributed by atoms with Crippen molar-refractivity contribution in [1.29, 1.82) is 0 Å². The summed E-state index contributed by atoms with van der Waals surface area (Å²) in [5.74, 6) is -12.0. The van der Waals surface area contributed by atoms with Crippen molar-refractivity contribution in [3.8, 4) is 11.5 Å². The van der Waals surface area contributed by atoms with Gasteiger partial charge in [0.2, 0.25) is 34.8 Å². The molecular formula is C12H6F5NO. The highest BCUT2D eigenvalue weighted by molar-refractivity contribution is 5.45. The number of nitrogens with two attached hydrogens (primary N) is 1. The number of nitrogen functional groups attached to an aromatic ring is 1. The van der Waals surface area contributed by atoms with E-state index in [0.717, 1.165) is 0 Å². The van der Waals surface area contributed by atoms with E-state index in [0.29, 0.717) is 0 Å². The first-order valence-corrected chi connectivity index (χ1v) is 4.96. The molecule has 0 saturated heterocycles. The van der Waals surface area contributed by atoms with Crippen molar-refractivity contribution in [2.75, 3.05) is 5.73 Å². The Morgan fingerprint density at radius 3 is 1.84 bits per heavy atom. The predicted molar refractivity (Wildman–Crippen MR) is 57.2 cm³/mol. The summed E-state index contributed by atoms with van der Waals surface area (Å²) in [6, 6.07) is 5.30. The van der Waals surface area contributed by atoms with Gasteiger partial charge in [-0.3, -0.25) is 0 Å². The Labute approximate surface area is 104 Å². The van der Waals surface area contributed by atoms with Gasteiger partial charge in [0.1, 0.15) is 5.75 Å². The van der Waals surface area contributed by atoms with Gasteiger partial charge in [-0.05, 0) is 12.1 Å². The monoisotopic (exact) mass is 275 g/mol. The lowest BCUT2D eigenvalue weighted by atomic mass is 10.2. The fourth-order valence-electron chi connectivity index (χ4n) is 1.37. The molecule has 2 N–H and O–H groups in total. The minimum Gasteiger partial charge on any atom is -0.451 e. The van der Waals surface area contributed by atoms with Crippen LogP contribution in [0.2, 0.25) is 0 Å². The summed E-state index contributed by atoms with van der Waals surface area (Å²) in [5.41, 5.74) is 5.61. The zero-order valence-electron chi connectivity index (χ0n) is 9.18. The third-order valence-corrected chi connectivity index (χ3v) is 2.25. The van der Waals surface area contributed by atoms with Gasteiger partial charge < -0.3 is 10.5 Å². The molecule has 0 aliphatic rings. The quantitative estimate of drug-likeness (QED) is 0.392. The number of hydrogen-bond donors (Lipinski definition) is 1. The molecule has 0 saturated carbocycles. The number of ether oxygens (including phenoxy) is 1. The first-order valence-electron chi connectivity index (χ1n) is 4.96. The van der Waals surface area contributed by atoms with Gasteiger partial charge in [-0.15, -0.1) is 0 Å². The number of rotatable bonds is 2. The fraction of sp³-hybridized carbons (Fsp3) is 0. The van der Waals surface area contributed by atoms with Crippen LogP contribution in [0.5, 0.6) is 11.5 Å². The second-order valence-electron chi connectivity index (χ2n) is 3.57. The molecule has 0 aromatic heterocycles. The summed E-state index contributed by atoms with van der Waals surface area (Å²) < 4.78 is 69.9. The summed E-state index contributed by atoms with van der Waals surface area (Å²) in [7, 11) is 0. The maximum atomic E-state index is 13.3. The van der Waals surface area contributed by atoms with E-state index in [2.05, 4.69) is 4.74 Å². The number of anilines is 1. The van der Waals surface area contributed by atoms with Crippen molar-refractivity contribution < 1.29 is 26.7 Å². The van der Waals surface area contributed by atoms with Crippen molar-refractivity contribution in [3.63, 3.8) is 0 Å². The van der Waals surface area contributed by atoms with E-state index in [4.69, 9.17) is 5.73 Å². The molecule has 0 heterocycles. The Hall–Kier alpha value is -2.31. The highest BCUT2D eigenvalue weighted by Crippen LogP contribution is 2.33. The molecule has 7 heteroatoms. The second-order valence-corrected chi connectivity index (χ2v) is 3.57. The van der Waals surface area contributed by atoms with Crippen LogP contribution < -0.4 is 10.5 Å². The average Bonchev–Trinajstić information content (AvgIpc) is 2.39. The molecule has 2 aromatic rings. The molecule has 0 amide bonds. The van der Waals surface area contributed by atoms with Crippen LogP contribution in [-0.4, -0.2) is 0 Å². The normalized spacial score (nSPS) is 10.6. The van der Waals surface area contributed by atoms with Gasteiger partial charge in [-0.2, -0.15) is 8.78 Å². The van der Waals surface area contributed by atoms with E-state index in [9.17, 15) is 22.0 Å². The number of benzene rings is 2. The summed E-state index contributed by atoms with van der Waals surface area (Å²) in [6.45, 7) is 0. The maximum absolute atomic E-state index is 13.3. The molecule has 0 spiro atoms. The zero-order valence-corrected chi connectivity index (χ0v) is 9.18. The molecule has 0 unspecified atom stereocenters. The lowest BCUT2D eigenvalue weighted by Gasteiger charge is -2.10. The van der Waals surface area contributed by atoms with Crippen molar-refractivity contribution in [2.24, 2.45) is 0 Å². The predicted octanol–water partition coefficient (Wildman–Crippen LogP) is 3.76. The van der Waals surface area contributed by atoms with Crippen LogP contribution in [0.25, 0.3) is 0 Å². The van der Waals surface area contributed by atoms with Crippen LogP contribution in [0.15, 0.2) is 24.3 Å². The molecule has 0 radical (unpaired) electrons. The fourth-order valence-corrected chi connectivity index (χ4v) is 1.37. The SMILES string of the molecule is Nc1cccc(Oc2c(F)c(F)c(F)c(F)c2F)c1. The largest absolute Gasteiger partial charge is 0.451 e. The second kappa shape index (κ2) is 4.75. The van der Waals surface area contributed by atoms with Crippen molar-refractivity contribution in [3.05, 3.63) is 53.4 Å². The summed E-state index contributed by atoms with van der Waals surface area (Å²) in [4.78, 5) is 0. The summed E-state index contributed by atoms with van der Waals surface area (Å²) >= 11 is 0. The van der Waals surface area contributed by atoms with Crippen molar-refractivity contribution in [1.82, 2.24) is 0 Å². The van der Waals surface area contributed by atoms with Gasteiger partial charge in [-0.1, -0.05) is 6.07 Å². The lowest BCUT2D eigenvalue weighted by Crippen LogP contribution is -2.04. The molecule has 0 bridgehead atoms. The van der Waals surface area contributed by atoms with E-state index in [-0.39, 0.29) is 11.4 Å². The average molecular weight is 275 g/mol. The third-order valence-electron chi connectivity index (χ3n) is 2.25. The van der Waals surface area contributed by atoms with Crippen molar-refractivity contribution in [2.45, 2.75) is 0 Å². The van der Waals surface area contributed by atoms with Gasteiger partial charge in [0.15, 0.2) is 0 Å². The van der Waals surface area contributed by atoms with Crippen LogP contribution in [0.4, 0.5) is 27.6 Å². The van der Waals surface area contributed by atoms with Crippen LogP contribution in [-0.2, 0) is 0 Å². The lowest BCUT2D eigenvalue weighted by molar-refractivity contribution is 0.332. The number of hydrogen-bond acceptors (Lipinski definition) is 2. The maximum Gasteiger partial charge on any atom is 0.207 e. The van der Waals surface area contributed by atoms with Crippen LogP contribution in [0.1, 0.15) is 0 Å². The molecule has 0 fully saturated rings. The zero-order chi connectivity index (χ0) is 14.2. The van der Waals surface area contributed by atoms with E-state index in [1.807, 2.05) is 0 Å². The topological polar surface area (TPSA) is 35.2 Å². The Balaban J connectivity index is 2.52. The molecular weight excluding hydrogens is 269 g/mol. The van der Waals surface area contributed by atoms with E-state index in [1.54, 1.807) is 0 Å². The minimum atomic E-state index is -2.24. The van der Waals surface area contributed by atoms with Gasteiger partial charge in [0, 0.05) is 11.8 Å². The summed E-state index contributed by atoms with van der Waals surface area (Å²) in [6.07, 6.45) is 0. The first-order chi connectivity index (χ1) is 8.91. The van der Waals surface area contributed by atoms with Crippen molar-refractivity contribution >= 4 is 5.69 Å². The molecule has 19 heavy (non-hydrogen) atoms. The summed E-state index contributed by atoms with van der Waals surface area (Å²) in [5, 5.41) is 0. The smallest absolute Gasteiger partial charge is 0.207 e. The van der Waals surface area contributed by atoms with Crippen LogP contribution >= 0.6 is 0 Å². The number of halogens is 5. The van der Waals surface area contributed by atoms with E-state index >= 15 is 0 Å². The Morgan fingerprint density at radius 2 is 1.32 bits per heavy atom.